The van der Waals surface area contributed by atoms with Crippen LogP contribution in [0.5, 0.6) is 0 Å². The van der Waals surface area contributed by atoms with Crippen LogP contribution >= 0.6 is 24.8 Å². The largest absolute Gasteiger partial charge is 0.342 e. The molecule has 30 heavy (non-hydrogen) atoms. The Morgan fingerprint density at radius 2 is 1.93 bits per heavy atom. The molecule has 3 heterocycles. The number of benzene rings is 1. The quantitative estimate of drug-likeness (QED) is 0.742. The molecule has 1 spiro atoms. The number of para-hydroxylation sites is 2. The van der Waals surface area contributed by atoms with Gasteiger partial charge in [-0.15, -0.1) is 24.8 Å². The van der Waals surface area contributed by atoms with E-state index >= 15 is 0 Å². The maximum atomic E-state index is 13.3. The number of fused-ring (bicyclic) bond motifs is 1. The molecule has 2 aromatic rings. The Morgan fingerprint density at radius 1 is 1.20 bits per heavy atom. The Bertz CT molecular complexity index is 890. The number of hydrogen-bond donors (Lipinski definition) is 1. The minimum Gasteiger partial charge on any atom is -0.342 e. The molecule has 5 nitrogen and oxygen atoms in total. The van der Waals surface area contributed by atoms with Gasteiger partial charge in [-0.3, -0.25) is 4.79 Å². The first-order chi connectivity index (χ1) is 13.6. The summed E-state index contributed by atoms with van der Waals surface area (Å²) >= 11 is 0. The highest BCUT2D eigenvalue weighted by atomic mass is 35.5. The van der Waals surface area contributed by atoms with Crippen molar-refractivity contribution in [3.05, 3.63) is 30.1 Å². The van der Waals surface area contributed by atoms with Crippen molar-refractivity contribution in [2.75, 3.05) is 26.2 Å². The summed E-state index contributed by atoms with van der Waals surface area (Å²) in [6, 6.07) is 8.80. The predicted octanol–water partition coefficient (Wildman–Crippen LogP) is 4.56. The van der Waals surface area contributed by atoms with Crippen molar-refractivity contribution < 1.29 is 4.79 Å². The molecule has 1 aromatic carbocycles. The maximum Gasteiger partial charge on any atom is 0.226 e. The smallest absolute Gasteiger partial charge is 0.226 e. The Labute approximate surface area is 191 Å². The molecule has 0 bridgehead atoms. The lowest BCUT2D eigenvalue weighted by Crippen LogP contribution is -2.42. The molecule has 1 aliphatic carbocycles. The first-order valence-electron chi connectivity index (χ1n) is 11.1. The number of rotatable bonds is 3. The third-order valence-corrected chi connectivity index (χ3v) is 7.32. The number of carbonyl (C=O) groups excluding carboxylic acids is 1. The molecule has 3 aliphatic rings. The fourth-order valence-corrected chi connectivity index (χ4v) is 5.68. The molecule has 1 saturated carbocycles. The third-order valence-electron chi connectivity index (χ3n) is 7.32. The van der Waals surface area contributed by atoms with Gasteiger partial charge in [-0.25, -0.2) is 4.98 Å². The summed E-state index contributed by atoms with van der Waals surface area (Å²) in [6.45, 7) is 8.36. The van der Waals surface area contributed by atoms with Crippen molar-refractivity contribution in [2.24, 2.45) is 11.3 Å². The molecule has 5 rings (SSSR count). The zero-order valence-corrected chi connectivity index (χ0v) is 19.6. The molecule has 2 atom stereocenters. The first kappa shape index (κ1) is 23.4. The van der Waals surface area contributed by atoms with E-state index in [4.69, 9.17) is 4.98 Å². The van der Waals surface area contributed by atoms with E-state index < -0.39 is 0 Å². The summed E-state index contributed by atoms with van der Waals surface area (Å²) in [6.07, 6.45) is 5.66. The molecule has 0 radical (unpaired) electrons. The lowest BCUT2D eigenvalue weighted by atomic mass is 9.90. The van der Waals surface area contributed by atoms with E-state index in [2.05, 4.69) is 52.9 Å². The van der Waals surface area contributed by atoms with Crippen molar-refractivity contribution >= 4 is 41.8 Å². The molecule has 2 unspecified atom stereocenters. The highest BCUT2D eigenvalue weighted by Crippen LogP contribution is 2.59. The minimum absolute atomic E-state index is 0. The van der Waals surface area contributed by atoms with E-state index in [-0.39, 0.29) is 30.7 Å². The molecule has 1 amide bonds. The Hall–Kier alpha value is -1.30. The van der Waals surface area contributed by atoms with Crippen LogP contribution in [0, 0.1) is 11.3 Å². The van der Waals surface area contributed by atoms with Crippen LogP contribution < -0.4 is 5.32 Å². The number of carbonyl (C=O) groups is 1. The van der Waals surface area contributed by atoms with Gasteiger partial charge in [0.25, 0.3) is 0 Å². The SMILES string of the molecule is CC(C)n1c(C2CCCN(C(=O)C3CC34CCNCC4)C2)nc2ccccc21.Cl.Cl. The topological polar surface area (TPSA) is 50.2 Å². The highest BCUT2D eigenvalue weighted by molar-refractivity contribution is 5.85. The van der Waals surface area contributed by atoms with Crippen LogP contribution in [0.4, 0.5) is 0 Å². The zero-order valence-electron chi connectivity index (χ0n) is 18.0. The average Bonchev–Trinajstić information content (AvgIpc) is 3.24. The molecule has 166 valence electrons. The number of amides is 1. The maximum absolute atomic E-state index is 13.3. The minimum atomic E-state index is 0. The van der Waals surface area contributed by atoms with Crippen LogP contribution in [0.25, 0.3) is 11.0 Å². The molecular formula is C23H34Cl2N4O. The molecule has 2 saturated heterocycles. The number of nitrogens with zero attached hydrogens (tertiary/aromatic N) is 3. The summed E-state index contributed by atoms with van der Waals surface area (Å²) in [5, 5.41) is 3.44. The van der Waals surface area contributed by atoms with Gasteiger partial charge in [0.2, 0.25) is 5.91 Å². The number of piperidine rings is 2. The first-order valence-corrected chi connectivity index (χ1v) is 11.1. The van der Waals surface area contributed by atoms with E-state index in [1.807, 2.05) is 0 Å². The molecule has 7 heteroatoms. The summed E-state index contributed by atoms with van der Waals surface area (Å²) in [5.41, 5.74) is 2.61. The van der Waals surface area contributed by atoms with Gasteiger partial charge in [-0.2, -0.15) is 0 Å². The summed E-state index contributed by atoms with van der Waals surface area (Å²) in [4.78, 5) is 20.5. The van der Waals surface area contributed by atoms with Gasteiger partial charge >= 0.3 is 0 Å². The van der Waals surface area contributed by atoms with Gasteiger partial charge in [0.15, 0.2) is 0 Å². The lowest BCUT2D eigenvalue weighted by molar-refractivity contribution is -0.134. The fourth-order valence-electron chi connectivity index (χ4n) is 5.68. The Kier molecular flexibility index (Phi) is 7.05. The van der Waals surface area contributed by atoms with Crippen molar-refractivity contribution in [1.82, 2.24) is 19.8 Å². The standard InChI is InChI=1S/C23H32N4O.2ClH/c1-16(2)27-20-8-4-3-7-19(20)25-21(27)17-6-5-13-26(15-17)22(28)18-14-23(18)9-11-24-12-10-23;;/h3-4,7-8,16-18,24H,5-6,9-15H2,1-2H3;2*1H. The van der Waals surface area contributed by atoms with Crippen LogP contribution in [0.15, 0.2) is 24.3 Å². The Balaban J connectivity index is 0.00000128. The average molecular weight is 453 g/mol. The van der Waals surface area contributed by atoms with E-state index in [1.165, 1.54) is 24.2 Å². The van der Waals surface area contributed by atoms with Crippen LogP contribution in [-0.2, 0) is 4.79 Å². The van der Waals surface area contributed by atoms with Crippen LogP contribution in [0.2, 0.25) is 0 Å². The van der Waals surface area contributed by atoms with Crippen LogP contribution in [0.1, 0.15) is 63.7 Å². The number of nitrogens with one attached hydrogen (secondary N) is 1. The van der Waals surface area contributed by atoms with Crippen molar-refractivity contribution in [2.45, 2.75) is 57.9 Å². The number of imidazole rings is 1. The molecule has 2 aliphatic heterocycles. The van der Waals surface area contributed by atoms with Crippen LogP contribution in [-0.4, -0.2) is 46.5 Å². The van der Waals surface area contributed by atoms with Crippen molar-refractivity contribution in [1.29, 1.82) is 0 Å². The van der Waals surface area contributed by atoms with E-state index in [1.54, 1.807) is 0 Å². The van der Waals surface area contributed by atoms with E-state index in [0.717, 1.165) is 51.0 Å². The summed E-state index contributed by atoms with van der Waals surface area (Å²) in [5.74, 6) is 2.20. The summed E-state index contributed by atoms with van der Waals surface area (Å²) in [7, 11) is 0. The normalized spacial score (nSPS) is 25.1. The number of likely N-dealkylation sites (tertiary alicyclic amines) is 1. The van der Waals surface area contributed by atoms with Gasteiger partial charge in [0, 0.05) is 31.0 Å². The van der Waals surface area contributed by atoms with Gasteiger partial charge in [0.1, 0.15) is 5.82 Å². The lowest BCUT2D eigenvalue weighted by Gasteiger charge is -2.34. The van der Waals surface area contributed by atoms with Crippen molar-refractivity contribution in [3.8, 4) is 0 Å². The number of hydrogen-bond acceptors (Lipinski definition) is 3. The summed E-state index contributed by atoms with van der Waals surface area (Å²) < 4.78 is 2.39. The van der Waals surface area contributed by atoms with Gasteiger partial charge < -0.3 is 14.8 Å². The molecule has 1 N–H and O–H groups in total. The fraction of sp³-hybridized carbons (Fsp3) is 0.652. The van der Waals surface area contributed by atoms with Gasteiger partial charge in [0.05, 0.1) is 11.0 Å². The second-order valence-corrected chi connectivity index (χ2v) is 9.41. The second-order valence-electron chi connectivity index (χ2n) is 9.41. The Morgan fingerprint density at radius 3 is 2.67 bits per heavy atom. The predicted molar refractivity (Wildman–Crippen MR) is 126 cm³/mol. The third kappa shape index (κ3) is 3.96. The number of aromatic nitrogens is 2. The molecular weight excluding hydrogens is 419 g/mol. The highest BCUT2D eigenvalue weighted by Gasteiger charge is 2.58. The number of halogens is 2. The molecule has 1 aromatic heterocycles. The van der Waals surface area contributed by atoms with Crippen LogP contribution in [0.3, 0.4) is 0 Å². The zero-order chi connectivity index (χ0) is 19.3. The second kappa shape index (κ2) is 9.05. The molecule has 3 fully saturated rings. The van der Waals surface area contributed by atoms with E-state index in [0.29, 0.717) is 23.3 Å². The monoisotopic (exact) mass is 452 g/mol. The van der Waals surface area contributed by atoms with Gasteiger partial charge in [-0.1, -0.05) is 12.1 Å². The van der Waals surface area contributed by atoms with E-state index in [9.17, 15) is 4.79 Å². The van der Waals surface area contributed by atoms with Crippen molar-refractivity contribution in [3.63, 3.8) is 0 Å². The van der Waals surface area contributed by atoms with Gasteiger partial charge in [-0.05, 0) is 76.6 Å².